The summed E-state index contributed by atoms with van der Waals surface area (Å²) < 4.78 is 2.27. The lowest BCUT2D eigenvalue weighted by Gasteiger charge is -2.08. The molecule has 0 amide bonds. The van der Waals surface area contributed by atoms with E-state index in [4.69, 9.17) is 0 Å². The Labute approximate surface area is 100 Å². The Bertz CT molecular complexity index is 554. The summed E-state index contributed by atoms with van der Waals surface area (Å²) in [6, 6.07) is 7.04. The van der Waals surface area contributed by atoms with Gasteiger partial charge in [-0.3, -0.25) is 0 Å². The number of hydrogen-bond acceptors (Lipinski definition) is 2. The number of benzene rings is 1. The summed E-state index contributed by atoms with van der Waals surface area (Å²) in [7, 11) is 0. The van der Waals surface area contributed by atoms with Gasteiger partial charge in [0.15, 0.2) is 0 Å². The predicted octanol–water partition coefficient (Wildman–Crippen LogP) is 3.06. The minimum Gasteiger partial charge on any atom is -0.327 e. The monoisotopic (exact) mass is 228 g/mol. The van der Waals surface area contributed by atoms with E-state index in [2.05, 4.69) is 34.7 Å². The van der Waals surface area contributed by atoms with Gasteiger partial charge in [-0.1, -0.05) is 13.0 Å². The van der Waals surface area contributed by atoms with E-state index in [-0.39, 0.29) is 5.92 Å². The Kier molecular flexibility index (Phi) is 2.46. The van der Waals surface area contributed by atoms with Crippen molar-refractivity contribution in [2.75, 3.05) is 0 Å². The van der Waals surface area contributed by atoms with Crippen molar-refractivity contribution in [1.29, 1.82) is 0 Å². The Morgan fingerprint density at radius 2 is 2.35 bits per heavy atom. The zero-order chi connectivity index (χ0) is 11.8. The molecule has 1 aliphatic rings. The quantitative estimate of drug-likeness (QED) is 0.754. The molecule has 1 saturated carbocycles. The second kappa shape index (κ2) is 3.99. The highest BCUT2D eigenvalue weighted by Crippen LogP contribution is 2.37. The fourth-order valence-electron chi connectivity index (χ4n) is 2.28. The zero-order valence-corrected chi connectivity index (χ0v) is 9.97. The van der Waals surface area contributed by atoms with Gasteiger partial charge in [0.1, 0.15) is 6.29 Å². The maximum Gasteiger partial charge on any atom is 0.120 e. The van der Waals surface area contributed by atoms with Crippen molar-refractivity contribution in [3.8, 4) is 0 Å². The normalized spacial score (nSPS) is 17.2. The van der Waals surface area contributed by atoms with Crippen molar-refractivity contribution >= 4 is 17.3 Å². The van der Waals surface area contributed by atoms with E-state index >= 15 is 0 Å². The molecule has 1 atom stereocenters. The molecule has 17 heavy (non-hydrogen) atoms. The lowest BCUT2D eigenvalue weighted by atomic mass is 9.98. The number of aromatic nitrogens is 2. The Balaban J connectivity index is 1.99. The number of fused-ring (bicyclic) bond motifs is 1. The molecule has 3 nitrogen and oxygen atoms in total. The van der Waals surface area contributed by atoms with Crippen LogP contribution in [0.3, 0.4) is 0 Å². The Morgan fingerprint density at radius 1 is 1.53 bits per heavy atom. The minimum atomic E-state index is 0.281. The molecule has 0 spiro atoms. The maximum atomic E-state index is 10.5. The fraction of sp³-hybridized carbons (Fsp3) is 0.429. The molecule has 0 aliphatic heterocycles. The topological polar surface area (TPSA) is 34.9 Å². The third kappa shape index (κ3) is 1.86. The molecule has 3 rings (SSSR count). The lowest BCUT2D eigenvalue weighted by molar-refractivity contribution is -0.108. The first kappa shape index (κ1) is 10.5. The number of carbonyl (C=O) groups is 1. The first-order valence-corrected chi connectivity index (χ1v) is 6.19. The molecule has 0 saturated heterocycles. The standard InChI is InChI=1S/C14H16N2O/c1-10(6-7-17)11-2-5-14-13(8-11)15-9-16(14)12-3-4-12/h2,5,7-10,12H,3-4,6H2,1H3. The van der Waals surface area contributed by atoms with Crippen molar-refractivity contribution in [2.24, 2.45) is 0 Å². The van der Waals surface area contributed by atoms with Gasteiger partial charge in [0.05, 0.1) is 17.4 Å². The largest absolute Gasteiger partial charge is 0.327 e. The molecule has 3 heteroatoms. The zero-order valence-electron chi connectivity index (χ0n) is 9.97. The van der Waals surface area contributed by atoms with E-state index in [1.54, 1.807) is 0 Å². The predicted molar refractivity (Wildman–Crippen MR) is 67.1 cm³/mol. The smallest absolute Gasteiger partial charge is 0.120 e. The highest BCUT2D eigenvalue weighted by Gasteiger charge is 2.24. The summed E-state index contributed by atoms with van der Waals surface area (Å²) in [4.78, 5) is 15.0. The van der Waals surface area contributed by atoms with Crippen LogP contribution in [0, 0.1) is 0 Å². The van der Waals surface area contributed by atoms with Crippen LogP contribution >= 0.6 is 0 Å². The van der Waals surface area contributed by atoms with Crippen molar-refractivity contribution in [2.45, 2.75) is 38.1 Å². The van der Waals surface area contributed by atoms with Crippen molar-refractivity contribution < 1.29 is 4.79 Å². The van der Waals surface area contributed by atoms with Crippen LogP contribution < -0.4 is 0 Å². The lowest BCUT2D eigenvalue weighted by Crippen LogP contribution is -1.95. The van der Waals surface area contributed by atoms with Crippen molar-refractivity contribution in [1.82, 2.24) is 9.55 Å². The number of nitrogens with zero attached hydrogens (tertiary/aromatic N) is 2. The molecular weight excluding hydrogens is 212 g/mol. The first-order valence-electron chi connectivity index (χ1n) is 6.19. The highest BCUT2D eigenvalue weighted by molar-refractivity contribution is 5.76. The number of imidazole rings is 1. The van der Waals surface area contributed by atoms with E-state index in [9.17, 15) is 4.79 Å². The summed E-state index contributed by atoms with van der Waals surface area (Å²) in [5, 5.41) is 0. The van der Waals surface area contributed by atoms with Crippen LogP contribution in [0.4, 0.5) is 0 Å². The van der Waals surface area contributed by atoms with E-state index in [1.165, 1.54) is 23.9 Å². The van der Waals surface area contributed by atoms with Crippen LogP contribution in [-0.4, -0.2) is 15.8 Å². The van der Waals surface area contributed by atoms with Crippen LogP contribution in [0.25, 0.3) is 11.0 Å². The van der Waals surface area contributed by atoms with E-state index in [0.29, 0.717) is 12.5 Å². The van der Waals surface area contributed by atoms with Gasteiger partial charge in [0, 0.05) is 12.5 Å². The summed E-state index contributed by atoms with van der Waals surface area (Å²) in [6.07, 6.45) is 6.05. The van der Waals surface area contributed by atoms with Gasteiger partial charge in [0.25, 0.3) is 0 Å². The van der Waals surface area contributed by atoms with E-state index < -0.39 is 0 Å². The molecule has 1 aliphatic carbocycles. The summed E-state index contributed by atoms with van der Waals surface area (Å²) in [6.45, 7) is 2.08. The average molecular weight is 228 g/mol. The van der Waals surface area contributed by atoms with Crippen molar-refractivity contribution in [3.63, 3.8) is 0 Å². The van der Waals surface area contributed by atoms with Crippen LogP contribution in [0.1, 0.15) is 43.7 Å². The Hall–Kier alpha value is -1.64. The van der Waals surface area contributed by atoms with Crippen LogP contribution in [0.15, 0.2) is 24.5 Å². The molecule has 1 unspecified atom stereocenters. The second-order valence-corrected chi connectivity index (χ2v) is 4.93. The summed E-state index contributed by atoms with van der Waals surface area (Å²) in [5.41, 5.74) is 3.47. The minimum absolute atomic E-state index is 0.281. The van der Waals surface area contributed by atoms with Gasteiger partial charge < -0.3 is 9.36 Å². The molecular formula is C14H16N2O. The maximum absolute atomic E-state index is 10.5. The van der Waals surface area contributed by atoms with E-state index in [1.807, 2.05) is 6.33 Å². The highest BCUT2D eigenvalue weighted by atomic mass is 16.1. The molecule has 1 fully saturated rings. The molecule has 0 bridgehead atoms. The number of aldehydes is 1. The van der Waals surface area contributed by atoms with Crippen LogP contribution in [0.2, 0.25) is 0 Å². The van der Waals surface area contributed by atoms with Crippen LogP contribution in [0.5, 0.6) is 0 Å². The third-order valence-electron chi connectivity index (χ3n) is 3.56. The molecule has 1 aromatic carbocycles. The van der Waals surface area contributed by atoms with Crippen LogP contribution in [-0.2, 0) is 4.79 Å². The van der Waals surface area contributed by atoms with Gasteiger partial charge in [0.2, 0.25) is 0 Å². The molecule has 0 N–H and O–H groups in total. The molecule has 1 aromatic heterocycles. The van der Waals surface area contributed by atoms with Gasteiger partial charge in [-0.05, 0) is 36.5 Å². The fourth-order valence-corrected chi connectivity index (χ4v) is 2.28. The van der Waals surface area contributed by atoms with Gasteiger partial charge in [-0.15, -0.1) is 0 Å². The number of hydrogen-bond donors (Lipinski definition) is 0. The summed E-state index contributed by atoms with van der Waals surface area (Å²) in [5.74, 6) is 0.281. The Morgan fingerprint density at radius 3 is 3.06 bits per heavy atom. The van der Waals surface area contributed by atoms with Gasteiger partial charge in [-0.25, -0.2) is 4.98 Å². The first-order chi connectivity index (χ1) is 8.29. The summed E-state index contributed by atoms with van der Waals surface area (Å²) >= 11 is 0. The molecule has 1 heterocycles. The number of carbonyl (C=O) groups excluding carboxylic acids is 1. The third-order valence-corrected chi connectivity index (χ3v) is 3.56. The average Bonchev–Trinajstić information content (AvgIpc) is 3.09. The van der Waals surface area contributed by atoms with Gasteiger partial charge >= 0.3 is 0 Å². The molecule has 2 aromatic rings. The van der Waals surface area contributed by atoms with Crippen molar-refractivity contribution in [3.05, 3.63) is 30.1 Å². The second-order valence-electron chi connectivity index (χ2n) is 4.93. The molecule has 88 valence electrons. The SMILES string of the molecule is CC(CC=O)c1ccc2c(c1)ncn2C1CC1. The number of rotatable bonds is 4. The molecule has 0 radical (unpaired) electrons. The van der Waals surface area contributed by atoms with E-state index in [0.717, 1.165) is 11.8 Å². The van der Waals surface area contributed by atoms with Gasteiger partial charge in [-0.2, -0.15) is 0 Å².